The van der Waals surface area contributed by atoms with Crippen LogP contribution in [-0.4, -0.2) is 23.6 Å². The molecular formula is C18H21NO4. The Morgan fingerprint density at radius 2 is 2.22 bits per heavy atom. The first kappa shape index (κ1) is 16.9. The van der Waals surface area contributed by atoms with E-state index in [4.69, 9.17) is 11.2 Å². The van der Waals surface area contributed by atoms with Crippen LogP contribution in [0.5, 0.6) is 0 Å². The van der Waals surface area contributed by atoms with Gasteiger partial charge in [0.25, 0.3) is 0 Å². The number of rotatable bonds is 6. The Morgan fingerprint density at radius 3 is 2.87 bits per heavy atom. The normalized spacial score (nSPS) is 21.7. The number of ether oxygens (including phenoxy) is 2. The van der Waals surface area contributed by atoms with Gasteiger partial charge in [0.1, 0.15) is 6.61 Å². The first-order valence-corrected chi connectivity index (χ1v) is 7.41. The van der Waals surface area contributed by atoms with Gasteiger partial charge >= 0.3 is 11.9 Å². The molecule has 1 fully saturated rings. The summed E-state index contributed by atoms with van der Waals surface area (Å²) in [5, 5.41) is 0. The van der Waals surface area contributed by atoms with Crippen LogP contribution >= 0.6 is 0 Å². The van der Waals surface area contributed by atoms with Crippen molar-refractivity contribution in [2.24, 2.45) is 17.3 Å². The summed E-state index contributed by atoms with van der Waals surface area (Å²) in [7, 11) is 1.32. The summed E-state index contributed by atoms with van der Waals surface area (Å²) < 4.78 is 11.8. The van der Waals surface area contributed by atoms with Gasteiger partial charge in [-0.1, -0.05) is 25.8 Å². The molecule has 0 spiro atoms. The van der Waals surface area contributed by atoms with Gasteiger partial charge in [-0.05, 0) is 17.4 Å². The highest BCUT2D eigenvalue weighted by Gasteiger charge is 2.61. The van der Waals surface area contributed by atoms with E-state index in [1.807, 2.05) is 36.9 Å². The van der Waals surface area contributed by atoms with Gasteiger partial charge in [0.15, 0.2) is 0 Å². The van der Waals surface area contributed by atoms with Gasteiger partial charge in [0.05, 0.1) is 19.6 Å². The smallest absolute Gasteiger partial charge is 0.330 e. The van der Waals surface area contributed by atoms with Crippen molar-refractivity contribution in [1.29, 1.82) is 0 Å². The van der Waals surface area contributed by atoms with Crippen molar-refractivity contribution in [3.8, 4) is 12.3 Å². The van der Waals surface area contributed by atoms with Crippen molar-refractivity contribution in [2.75, 3.05) is 7.11 Å². The number of nitrogens with zero attached hydrogens (tertiary/aromatic N) is 1. The van der Waals surface area contributed by atoms with Crippen molar-refractivity contribution < 1.29 is 19.1 Å². The van der Waals surface area contributed by atoms with Crippen molar-refractivity contribution in [1.82, 2.24) is 4.57 Å². The average Bonchev–Trinajstić information content (AvgIpc) is 2.84. The van der Waals surface area contributed by atoms with Gasteiger partial charge in [-0.25, -0.2) is 4.79 Å². The summed E-state index contributed by atoms with van der Waals surface area (Å²) in [6.07, 6.45) is 12.0. The van der Waals surface area contributed by atoms with Crippen molar-refractivity contribution in [3.05, 3.63) is 36.2 Å². The quantitative estimate of drug-likeness (QED) is 0.458. The second-order valence-corrected chi connectivity index (χ2v) is 6.21. The fourth-order valence-corrected chi connectivity index (χ4v) is 2.76. The fraction of sp³-hybridized carbons (Fsp3) is 0.444. The Labute approximate surface area is 136 Å². The lowest BCUT2D eigenvalue weighted by Gasteiger charge is -2.04. The number of hydrogen-bond donors (Lipinski definition) is 0. The minimum Gasteiger partial charge on any atom is -0.466 e. The molecule has 0 radical (unpaired) electrons. The Hall–Kier alpha value is -2.48. The molecule has 0 bridgehead atoms. The molecule has 1 heterocycles. The molecule has 122 valence electrons. The Morgan fingerprint density at radius 1 is 1.48 bits per heavy atom. The van der Waals surface area contributed by atoms with Crippen LogP contribution in [0, 0.1) is 29.6 Å². The highest BCUT2D eigenvalue weighted by molar-refractivity contribution is 5.83. The molecule has 2 atom stereocenters. The highest BCUT2D eigenvalue weighted by Crippen LogP contribution is 2.59. The maximum Gasteiger partial charge on any atom is 0.330 e. The highest BCUT2D eigenvalue weighted by atomic mass is 16.5. The van der Waals surface area contributed by atoms with E-state index < -0.39 is 5.97 Å². The molecular weight excluding hydrogens is 294 g/mol. The van der Waals surface area contributed by atoms with Crippen molar-refractivity contribution in [3.63, 3.8) is 0 Å². The summed E-state index contributed by atoms with van der Waals surface area (Å²) in [6, 6.07) is 1.87. The Balaban J connectivity index is 1.89. The molecule has 0 saturated heterocycles. The number of allylic oxidation sites excluding steroid dienone is 1. The van der Waals surface area contributed by atoms with Crippen LogP contribution < -0.4 is 0 Å². The molecule has 0 aromatic carbocycles. The molecule has 1 aromatic heterocycles. The standard InChI is InChI=1S/C18H21NO4/c1-5-9-19-10-8-13(11-19)12-23-17(21)16-14(18(16,2)3)6-7-15(20)22-4/h1,6-8,10-11,14,16H,9,12H2,2-4H3/b7-6-/t14-,16-/m1/s1. The topological polar surface area (TPSA) is 57.5 Å². The SMILES string of the molecule is C#CCn1ccc(COC(=O)[C@H]2[C@@H](/C=C\C(=O)OC)C2(C)C)c1. The van der Waals surface area contributed by atoms with Crippen molar-refractivity contribution in [2.45, 2.75) is 27.0 Å². The van der Waals surface area contributed by atoms with Gasteiger partial charge in [-0.2, -0.15) is 0 Å². The monoisotopic (exact) mass is 315 g/mol. The van der Waals surface area contributed by atoms with Crippen LogP contribution in [0.3, 0.4) is 0 Å². The van der Waals surface area contributed by atoms with Crippen LogP contribution in [0.1, 0.15) is 19.4 Å². The summed E-state index contributed by atoms with van der Waals surface area (Å²) in [6.45, 7) is 4.67. The average molecular weight is 315 g/mol. The Bertz CT molecular complexity index is 663. The zero-order valence-corrected chi connectivity index (χ0v) is 13.6. The van der Waals surface area contributed by atoms with E-state index in [-0.39, 0.29) is 29.8 Å². The third-order valence-corrected chi connectivity index (χ3v) is 4.27. The molecule has 5 nitrogen and oxygen atoms in total. The number of aromatic nitrogens is 1. The summed E-state index contributed by atoms with van der Waals surface area (Å²) in [4.78, 5) is 23.4. The molecule has 23 heavy (non-hydrogen) atoms. The first-order valence-electron chi connectivity index (χ1n) is 7.41. The first-order chi connectivity index (χ1) is 10.9. The summed E-state index contributed by atoms with van der Waals surface area (Å²) >= 11 is 0. The molecule has 1 aliphatic carbocycles. The predicted molar refractivity (Wildman–Crippen MR) is 85.0 cm³/mol. The molecule has 2 rings (SSSR count). The van der Waals surface area contributed by atoms with Crippen molar-refractivity contribution >= 4 is 11.9 Å². The van der Waals surface area contributed by atoms with Gasteiger partial charge < -0.3 is 14.0 Å². The largest absolute Gasteiger partial charge is 0.466 e. The number of carbonyl (C=O) groups is 2. The van der Waals surface area contributed by atoms with Gasteiger partial charge in [-0.3, -0.25) is 4.79 Å². The van der Waals surface area contributed by atoms with Crippen LogP contribution in [0.4, 0.5) is 0 Å². The van der Waals surface area contributed by atoms with E-state index in [9.17, 15) is 9.59 Å². The Kier molecular flexibility index (Phi) is 4.95. The summed E-state index contributed by atoms with van der Waals surface area (Å²) in [5.41, 5.74) is 0.686. The van der Waals surface area contributed by atoms with E-state index in [1.165, 1.54) is 13.2 Å². The van der Waals surface area contributed by atoms with Crippen LogP contribution in [0.25, 0.3) is 0 Å². The maximum absolute atomic E-state index is 12.2. The second-order valence-electron chi connectivity index (χ2n) is 6.21. The lowest BCUT2D eigenvalue weighted by atomic mass is 10.1. The molecule has 1 saturated carbocycles. The third-order valence-electron chi connectivity index (χ3n) is 4.27. The predicted octanol–water partition coefficient (Wildman–Crippen LogP) is 2.17. The number of methoxy groups -OCH3 is 1. The molecule has 0 aliphatic heterocycles. The zero-order chi connectivity index (χ0) is 17.0. The van der Waals surface area contributed by atoms with E-state index in [0.717, 1.165) is 5.56 Å². The molecule has 5 heteroatoms. The molecule has 0 unspecified atom stereocenters. The molecule has 0 amide bonds. The zero-order valence-electron chi connectivity index (χ0n) is 13.6. The maximum atomic E-state index is 12.2. The van der Waals surface area contributed by atoms with Gasteiger partial charge in [-0.15, -0.1) is 6.42 Å². The minimum absolute atomic E-state index is 0.0138. The number of carbonyl (C=O) groups excluding carboxylic acids is 2. The fourth-order valence-electron chi connectivity index (χ4n) is 2.76. The molecule has 1 aliphatic rings. The third kappa shape index (κ3) is 3.84. The van der Waals surface area contributed by atoms with E-state index >= 15 is 0 Å². The minimum atomic E-state index is -0.422. The lowest BCUT2D eigenvalue weighted by Crippen LogP contribution is -2.10. The van der Waals surface area contributed by atoms with Crippen LogP contribution in [0.15, 0.2) is 30.6 Å². The van der Waals surface area contributed by atoms with Gasteiger partial charge in [0, 0.05) is 24.0 Å². The number of esters is 2. The number of hydrogen-bond acceptors (Lipinski definition) is 4. The van der Waals surface area contributed by atoms with Crippen LogP contribution in [0.2, 0.25) is 0 Å². The second kappa shape index (κ2) is 6.74. The number of terminal acetylenes is 1. The van der Waals surface area contributed by atoms with E-state index in [2.05, 4.69) is 10.7 Å². The van der Waals surface area contributed by atoms with Crippen LogP contribution in [-0.2, 0) is 32.2 Å². The van der Waals surface area contributed by atoms with E-state index in [1.54, 1.807) is 6.08 Å². The lowest BCUT2D eigenvalue weighted by molar-refractivity contribution is -0.147. The molecule has 0 N–H and O–H groups in total. The molecule has 1 aromatic rings. The van der Waals surface area contributed by atoms with E-state index in [0.29, 0.717) is 6.54 Å². The summed E-state index contributed by atoms with van der Waals surface area (Å²) in [5.74, 6) is 1.62. The van der Waals surface area contributed by atoms with Gasteiger partial charge in [0.2, 0.25) is 0 Å².